The summed E-state index contributed by atoms with van der Waals surface area (Å²) in [5.74, 6) is 0. The van der Waals surface area contributed by atoms with Crippen molar-refractivity contribution in [2.24, 2.45) is 5.41 Å². The maximum atomic E-state index is 11.7. The van der Waals surface area contributed by atoms with Crippen molar-refractivity contribution in [1.29, 1.82) is 5.26 Å². The molecule has 1 fully saturated rings. The van der Waals surface area contributed by atoms with E-state index < -0.39 is 29.9 Å². The van der Waals surface area contributed by atoms with E-state index in [9.17, 15) is 15.2 Å². The van der Waals surface area contributed by atoms with Crippen LogP contribution >= 0.6 is 0 Å². The van der Waals surface area contributed by atoms with Crippen LogP contribution in [0.15, 0.2) is 18.3 Å². The van der Waals surface area contributed by atoms with Gasteiger partial charge in [-0.2, -0.15) is 0 Å². The minimum absolute atomic E-state index is 0.206. The Labute approximate surface area is 154 Å². The summed E-state index contributed by atoms with van der Waals surface area (Å²) in [7, 11) is 0. The van der Waals surface area contributed by atoms with Gasteiger partial charge in [-0.05, 0) is 0 Å². The van der Waals surface area contributed by atoms with Gasteiger partial charge < -0.3 is 0 Å². The number of hydrogen-bond donors (Lipinski definition) is 1. The van der Waals surface area contributed by atoms with Crippen LogP contribution in [0.4, 0.5) is 4.79 Å². The molecule has 0 bridgehead atoms. The normalized spacial score (nSPS) is 24.7. The van der Waals surface area contributed by atoms with Crippen LogP contribution in [0.5, 0.6) is 0 Å². The monoisotopic (exact) mass is 451 g/mol. The second-order valence-corrected chi connectivity index (χ2v) is 23.7. The van der Waals surface area contributed by atoms with Crippen LogP contribution in [0.25, 0.3) is 0 Å². The fourth-order valence-corrected chi connectivity index (χ4v) is 6.83. The first kappa shape index (κ1) is 20.0. The fraction of sp³-hybridized carbons (Fsp3) is 0.632. The molecule has 6 heteroatoms. The van der Waals surface area contributed by atoms with Crippen LogP contribution in [0.2, 0.25) is 14.8 Å². The molecule has 2 rings (SSSR count). The number of amides is 1. The zero-order valence-corrected chi connectivity index (χ0v) is 19.0. The van der Waals surface area contributed by atoms with E-state index in [-0.39, 0.29) is 11.5 Å². The molecule has 136 valence electrons. The minimum atomic E-state index is -2.27. The van der Waals surface area contributed by atoms with Crippen LogP contribution in [0.1, 0.15) is 39.3 Å². The summed E-state index contributed by atoms with van der Waals surface area (Å²) in [4.78, 5) is 24.8. The number of likely N-dealkylation sites (tertiary alicyclic amines) is 1. The molecule has 1 amide bonds. The van der Waals surface area contributed by atoms with Crippen LogP contribution in [0, 0.1) is 16.7 Å². The van der Waals surface area contributed by atoms with Gasteiger partial charge in [0, 0.05) is 0 Å². The summed E-state index contributed by atoms with van der Waals surface area (Å²) in [5.41, 5.74) is -0.128. The summed E-state index contributed by atoms with van der Waals surface area (Å²) in [6, 6.07) is 6.51. The Bertz CT molecular complexity index is 700. The van der Waals surface area contributed by atoms with E-state index in [0.29, 0.717) is 19.4 Å². The average molecular weight is 450 g/mol. The summed E-state index contributed by atoms with van der Waals surface area (Å²) in [5, 5.41) is 19.6. The summed E-state index contributed by atoms with van der Waals surface area (Å²) in [6.45, 7) is 6.49. The molecule has 2 heterocycles. The average Bonchev–Trinajstić information content (AvgIpc) is 2.52. The third-order valence-electron chi connectivity index (χ3n) is 5.27. The summed E-state index contributed by atoms with van der Waals surface area (Å²) >= 11 is -2.27. The van der Waals surface area contributed by atoms with E-state index in [1.54, 1.807) is 0 Å². The molecule has 1 aliphatic heterocycles. The molecule has 1 N–H and O–H groups in total. The van der Waals surface area contributed by atoms with Crippen LogP contribution in [-0.2, 0) is 5.41 Å². The number of piperidine rings is 1. The Morgan fingerprint density at radius 2 is 2.08 bits per heavy atom. The Morgan fingerprint density at radius 1 is 1.44 bits per heavy atom. The molecular weight excluding hydrogens is 421 g/mol. The molecule has 1 aromatic heterocycles. The van der Waals surface area contributed by atoms with Gasteiger partial charge in [0.1, 0.15) is 0 Å². The molecule has 0 saturated carbocycles. The maximum absolute atomic E-state index is 11.7. The summed E-state index contributed by atoms with van der Waals surface area (Å²) < 4.78 is 1.35. The SMILES string of the molecule is CC(C)(C)C1CC(C#N)(c2c[c]([Sn]([CH3])([CH3])[CH3])ccn2)CCN1C(=O)O. The van der Waals surface area contributed by atoms with Crippen molar-refractivity contribution in [2.45, 2.75) is 59.9 Å². The van der Waals surface area contributed by atoms with Crippen LogP contribution in [-0.4, -0.2) is 52.0 Å². The number of nitrogens with zero attached hydrogens (tertiary/aromatic N) is 3. The van der Waals surface area contributed by atoms with E-state index in [2.05, 4.69) is 38.0 Å². The number of nitriles is 1. The van der Waals surface area contributed by atoms with Gasteiger partial charge in [-0.15, -0.1) is 0 Å². The Balaban J connectivity index is 2.48. The van der Waals surface area contributed by atoms with Crippen molar-refractivity contribution < 1.29 is 9.90 Å². The van der Waals surface area contributed by atoms with Crippen LogP contribution < -0.4 is 3.58 Å². The van der Waals surface area contributed by atoms with E-state index in [1.165, 1.54) is 8.48 Å². The predicted molar refractivity (Wildman–Crippen MR) is 102 cm³/mol. The van der Waals surface area contributed by atoms with Crippen molar-refractivity contribution in [3.8, 4) is 6.07 Å². The topological polar surface area (TPSA) is 77.2 Å². The first-order valence-electron chi connectivity index (χ1n) is 8.78. The molecular formula is C19H29N3O2Sn. The van der Waals surface area contributed by atoms with Crippen molar-refractivity contribution in [2.75, 3.05) is 6.54 Å². The first-order chi connectivity index (χ1) is 11.4. The molecule has 5 nitrogen and oxygen atoms in total. The molecule has 0 aliphatic carbocycles. The Hall–Kier alpha value is -1.29. The van der Waals surface area contributed by atoms with E-state index in [4.69, 9.17) is 0 Å². The number of carbonyl (C=O) groups is 1. The van der Waals surface area contributed by atoms with Crippen LogP contribution in [0.3, 0.4) is 0 Å². The second-order valence-electron chi connectivity index (χ2n) is 9.19. The number of rotatable bonds is 2. The molecule has 1 aliphatic rings. The molecule has 1 saturated heterocycles. The van der Waals surface area contributed by atoms with Gasteiger partial charge in [0.05, 0.1) is 0 Å². The fourth-order valence-electron chi connectivity index (χ4n) is 3.56. The Kier molecular flexibility index (Phi) is 5.44. The van der Waals surface area contributed by atoms with Crippen molar-refractivity contribution >= 4 is 28.0 Å². The van der Waals surface area contributed by atoms with Gasteiger partial charge in [-0.3, -0.25) is 0 Å². The number of aromatic nitrogens is 1. The molecule has 0 aromatic carbocycles. The molecule has 2 unspecified atom stereocenters. The second kappa shape index (κ2) is 6.79. The molecule has 0 radical (unpaired) electrons. The number of hydrogen-bond acceptors (Lipinski definition) is 3. The van der Waals surface area contributed by atoms with E-state index >= 15 is 0 Å². The standard InChI is InChI=1S/C16H20N3O2.3CH3.Sn/c1-15(2,3)13-10-16(11-17,7-9-19(13)14(20)21)12-6-4-5-8-18-12;;;;/h5-6,8,13H,7,9-10H2,1-3H3,(H,20,21);3*1H3;. The van der Waals surface area contributed by atoms with Gasteiger partial charge >= 0.3 is 155 Å². The molecule has 1 aromatic rings. The number of carboxylic acid groups (broad SMARTS) is 1. The third-order valence-corrected chi connectivity index (χ3v) is 11.1. The van der Waals surface area contributed by atoms with Gasteiger partial charge in [0.15, 0.2) is 0 Å². The van der Waals surface area contributed by atoms with Crippen molar-refractivity contribution in [1.82, 2.24) is 9.88 Å². The van der Waals surface area contributed by atoms with Gasteiger partial charge in [0.25, 0.3) is 0 Å². The first-order valence-corrected chi connectivity index (χ1v) is 18.8. The molecule has 25 heavy (non-hydrogen) atoms. The van der Waals surface area contributed by atoms with Gasteiger partial charge in [0.2, 0.25) is 0 Å². The van der Waals surface area contributed by atoms with E-state index in [1.807, 2.05) is 27.0 Å². The van der Waals surface area contributed by atoms with Crippen molar-refractivity contribution in [3.05, 3.63) is 24.0 Å². The summed E-state index contributed by atoms with van der Waals surface area (Å²) in [6.07, 6.45) is 1.91. The zero-order valence-electron chi connectivity index (χ0n) is 16.1. The van der Waals surface area contributed by atoms with E-state index in [0.717, 1.165) is 5.69 Å². The Morgan fingerprint density at radius 3 is 2.56 bits per heavy atom. The molecule has 2 atom stereocenters. The number of pyridine rings is 1. The zero-order chi connectivity index (χ0) is 19.0. The van der Waals surface area contributed by atoms with Gasteiger partial charge in [-0.25, -0.2) is 0 Å². The quantitative estimate of drug-likeness (QED) is 0.700. The third kappa shape index (κ3) is 4.10. The predicted octanol–water partition coefficient (Wildman–Crippen LogP) is 3.58. The van der Waals surface area contributed by atoms with Gasteiger partial charge in [-0.1, -0.05) is 0 Å². The molecule has 0 spiro atoms. The van der Waals surface area contributed by atoms with Crippen molar-refractivity contribution in [3.63, 3.8) is 0 Å².